The van der Waals surface area contributed by atoms with E-state index in [1.807, 2.05) is 19.1 Å². The van der Waals surface area contributed by atoms with Gasteiger partial charge in [-0.25, -0.2) is 12.8 Å². The summed E-state index contributed by atoms with van der Waals surface area (Å²) in [4.78, 5) is 12.2. The molecule has 7 heteroatoms. The lowest BCUT2D eigenvalue weighted by molar-refractivity contribution is -0.116. The number of hydrogen-bond acceptors (Lipinski definition) is 3. The third-order valence-corrected chi connectivity index (χ3v) is 5.02. The van der Waals surface area contributed by atoms with E-state index < -0.39 is 15.9 Å². The van der Waals surface area contributed by atoms with Crippen molar-refractivity contribution in [2.45, 2.75) is 13.3 Å². The minimum atomic E-state index is -3.54. The maximum atomic E-state index is 12.9. The van der Waals surface area contributed by atoms with Crippen molar-refractivity contribution in [2.24, 2.45) is 0 Å². The quantitative estimate of drug-likeness (QED) is 0.821. The van der Waals surface area contributed by atoms with Gasteiger partial charge in [0.25, 0.3) is 0 Å². The number of anilines is 1. The van der Waals surface area contributed by atoms with Crippen molar-refractivity contribution in [3.63, 3.8) is 0 Å². The van der Waals surface area contributed by atoms with Gasteiger partial charge in [-0.1, -0.05) is 30.3 Å². The van der Waals surface area contributed by atoms with E-state index in [1.54, 1.807) is 24.3 Å². The van der Waals surface area contributed by atoms with Crippen LogP contribution in [0.5, 0.6) is 0 Å². The van der Waals surface area contributed by atoms with E-state index >= 15 is 0 Å². The van der Waals surface area contributed by atoms with E-state index in [-0.39, 0.29) is 18.9 Å². The molecule has 5 nitrogen and oxygen atoms in total. The summed E-state index contributed by atoms with van der Waals surface area (Å²) in [6, 6.07) is 13.1. The zero-order valence-electron chi connectivity index (χ0n) is 14.2. The van der Waals surface area contributed by atoms with E-state index in [2.05, 4.69) is 5.32 Å². The van der Waals surface area contributed by atoms with Crippen molar-refractivity contribution < 1.29 is 17.6 Å². The minimum Gasteiger partial charge on any atom is -0.325 e. The highest BCUT2D eigenvalue weighted by Crippen LogP contribution is 2.13. The first-order valence-corrected chi connectivity index (χ1v) is 9.65. The number of carbonyl (C=O) groups excluding carboxylic acids is 1. The second-order valence-electron chi connectivity index (χ2n) is 5.84. The number of rotatable bonds is 7. The Kier molecular flexibility index (Phi) is 6.27. The molecule has 1 N–H and O–H groups in total. The Labute approximate surface area is 147 Å². The van der Waals surface area contributed by atoms with Crippen molar-refractivity contribution in [1.29, 1.82) is 0 Å². The fourth-order valence-electron chi connectivity index (χ4n) is 2.33. The van der Waals surface area contributed by atoms with Crippen molar-refractivity contribution in [3.05, 3.63) is 65.5 Å². The summed E-state index contributed by atoms with van der Waals surface area (Å²) in [7, 11) is -3.54. The molecule has 0 heterocycles. The molecule has 0 aromatic heterocycles. The van der Waals surface area contributed by atoms with Gasteiger partial charge in [0.1, 0.15) is 5.82 Å². The number of para-hydroxylation sites is 1. The molecule has 1 amide bonds. The highest BCUT2D eigenvalue weighted by molar-refractivity contribution is 7.88. The van der Waals surface area contributed by atoms with E-state index in [4.69, 9.17) is 0 Å². The third kappa shape index (κ3) is 5.95. The van der Waals surface area contributed by atoms with Crippen LogP contribution in [0.3, 0.4) is 0 Å². The van der Waals surface area contributed by atoms with Crippen LogP contribution in [0.1, 0.15) is 11.1 Å². The van der Waals surface area contributed by atoms with Crippen molar-refractivity contribution in [2.75, 3.05) is 24.7 Å². The lowest BCUT2D eigenvalue weighted by Crippen LogP contribution is -2.38. The standard InChI is InChI=1S/C18H21FN2O3S/c1-14-5-3-4-6-17(14)20-18(22)13-21(25(2,23)24)12-11-15-7-9-16(19)10-8-15/h3-10H,11-13H2,1-2H3,(H,20,22). The summed E-state index contributed by atoms with van der Waals surface area (Å²) in [5, 5.41) is 2.72. The second kappa shape index (κ2) is 8.22. The number of benzene rings is 2. The summed E-state index contributed by atoms with van der Waals surface area (Å²) >= 11 is 0. The Balaban J connectivity index is 2.01. The number of hydrogen-bond donors (Lipinski definition) is 1. The Hall–Kier alpha value is -2.25. The van der Waals surface area contributed by atoms with Gasteiger partial charge in [0.2, 0.25) is 15.9 Å². The van der Waals surface area contributed by atoms with Gasteiger partial charge in [-0.15, -0.1) is 0 Å². The second-order valence-corrected chi connectivity index (χ2v) is 7.82. The smallest absolute Gasteiger partial charge is 0.239 e. The van der Waals surface area contributed by atoms with Crippen LogP contribution < -0.4 is 5.32 Å². The molecule has 25 heavy (non-hydrogen) atoms. The van der Waals surface area contributed by atoms with Crippen molar-refractivity contribution in [3.8, 4) is 0 Å². The van der Waals surface area contributed by atoms with E-state index in [0.29, 0.717) is 12.1 Å². The normalized spacial score (nSPS) is 11.5. The number of amides is 1. The highest BCUT2D eigenvalue weighted by Gasteiger charge is 2.20. The van der Waals surface area contributed by atoms with Gasteiger partial charge in [0.05, 0.1) is 12.8 Å². The predicted molar refractivity (Wildman–Crippen MR) is 96.3 cm³/mol. The Morgan fingerprint density at radius 3 is 2.36 bits per heavy atom. The predicted octanol–water partition coefficient (Wildman–Crippen LogP) is 2.58. The summed E-state index contributed by atoms with van der Waals surface area (Å²) < 4.78 is 37.9. The highest BCUT2D eigenvalue weighted by atomic mass is 32.2. The zero-order valence-corrected chi connectivity index (χ0v) is 15.0. The van der Waals surface area contributed by atoms with Crippen LogP contribution in [-0.4, -0.2) is 38.0 Å². The van der Waals surface area contributed by atoms with Gasteiger partial charge < -0.3 is 5.32 Å². The van der Waals surface area contributed by atoms with Crippen LogP contribution >= 0.6 is 0 Å². The van der Waals surface area contributed by atoms with Crippen LogP contribution in [0.25, 0.3) is 0 Å². The number of halogens is 1. The Bertz CT molecular complexity index is 836. The van der Waals surface area contributed by atoms with Crippen LogP contribution in [0.15, 0.2) is 48.5 Å². The number of nitrogens with zero attached hydrogens (tertiary/aromatic N) is 1. The topological polar surface area (TPSA) is 66.5 Å². The van der Waals surface area contributed by atoms with Gasteiger partial charge in [0.15, 0.2) is 0 Å². The minimum absolute atomic E-state index is 0.145. The molecule has 0 atom stereocenters. The van der Waals surface area contributed by atoms with Gasteiger partial charge in [-0.2, -0.15) is 4.31 Å². The fraction of sp³-hybridized carbons (Fsp3) is 0.278. The summed E-state index contributed by atoms with van der Waals surface area (Å²) in [5.41, 5.74) is 2.35. The van der Waals surface area contributed by atoms with Crippen molar-refractivity contribution in [1.82, 2.24) is 4.31 Å². The molecule has 134 valence electrons. The van der Waals surface area contributed by atoms with E-state index in [0.717, 1.165) is 21.7 Å². The van der Waals surface area contributed by atoms with Crippen LogP contribution in [0, 0.1) is 12.7 Å². The molecule has 2 aromatic rings. The van der Waals surface area contributed by atoms with Crippen LogP contribution in [0.2, 0.25) is 0 Å². The molecular weight excluding hydrogens is 343 g/mol. The molecule has 0 saturated heterocycles. The molecule has 0 aliphatic heterocycles. The van der Waals surface area contributed by atoms with Crippen LogP contribution in [-0.2, 0) is 21.2 Å². The Morgan fingerprint density at radius 2 is 1.76 bits per heavy atom. The van der Waals surface area contributed by atoms with Gasteiger partial charge in [-0.05, 0) is 42.7 Å². The first kappa shape index (κ1) is 19.1. The lowest BCUT2D eigenvalue weighted by atomic mass is 10.1. The number of carbonyl (C=O) groups is 1. The maximum absolute atomic E-state index is 12.9. The molecule has 0 aliphatic carbocycles. The molecule has 0 aliphatic rings. The molecule has 0 unspecified atom stereocenters. The van der Waals surface area contributed by atoms with Crippen LogP contribution in [0.4, 0.5) is 10.1 Å². The van der Waals surface area contributed by atoms with Gasteiger partial charge >= 0.3 is 0 Å². The largest absolute Gasteiger partial charge is 0.325 e. The molecule has 2 rings (SSSR count). The summed E-state index contributed by atoms with van der Waals surface area (Å²) in [6.45, 7) is 1.73. The molecule has 0 radical (unpaired) electrons. The Morgan fingerprint density at radius 1 is 1.12 bits per heavy atom. The molecule has 2 aromatic carbocycles. The maximum Gasteiger partial charge on any atom is 0.239 e. The van der Waals surface area contributed by atoms with E-state index in [1.165, 1.54) is 12.1 Å². The zero-order chi connectivity index (χ0) is 18.4. The number of aryl methyl sites for hydroxylation is 1. The number of nitrogens with one attached hydrogen (secondary N) is 1. The summed E-state index contributed by atoms with van der Waals surface area (Å²) in [6.07, 6.45) is 1.46. The molecule has 0 saturated carbocycles. The number of sulfonamides is 1. The summed E-state index contributed by atoms with van der Waals surface area (Å²) in [5.74, 6) is -0.750. The van der Waals surface area contributed by atoms with Crippen molar-refractivity contribution >= 4 is 21.6 Å². The monoisotopic (exact) mass is 364 g/mol. The lowest BCUT2D eigenvalue weighted by Gasteiger charge is -2.20. The SMILES string of the molecule is Cc1ccccc1NC(=O)CN(CCc1ccc(F)cc1)S(C)(=O)=O. The average molecular weight is 364 g/mol. The van der Waals surface area contributed by atoms with Gasteiger partial charge in [-0.3, -0.25) is 4.79 Å². The first-order valence-electron chi connectivity index (χ1n) is 7.81. The molecule has 0 fully saturated rings. The molecule has 0 bridgehead atoms. The van der Waals surface area contributed by atoms with Gasteiger partial charge in [0, 0.05) is 12.2 Å². The average Bonchev–Trinajstić information content (AvgIpc) is 2.54. The fourth-order valence-corrected chi connectivity index (χ4v) is 3.10. The molecular formula is C18H21FN2O3S. The third-order valence-electron chi connectivity index (χ3n) is 3.77. The molecule has 0 spiro atoms. The van der Waals surface area contributed by atoms with E-state index in [9.17, 15) is 17.6 Å². The first-order chi connectivity index (χ1) is 11.8.